The van der Waals surface area contributed by atoms with Gasteiger partial charge in [-0.1, -0.05) is 108 Å². The van der Waals surface area contributed by atoms with Gasteiger partial charge in [-0.05, 0) is 58.1 Å². The monoisotopic (exact) mass is 561 g/mol. The van der Waals surface area contributed by atoms with Crippen LogP contribution in [-0.2, 0) is 4.74 Å². The Kier molecular flexibility index (Phi) is 22.7. The van der Waals surface area contributed by atoms with Gasteiger partial charge in [0.2, 0.25) is 0 Å². The van der Waals surface area contributed by atoms with Crippen LogP contribution >= 0.6 is 0 Å². The quantitative estimate of drug-likeness (QED) is 0.172. The van der Waals surface area contributed by atoms with E-state index in [0.717, 1.165) is 54.5 Å². The van der Waals surface area contributed by atoms with Crippen molar-refractivity contribution in [2.75, 3.05) is 13.2 Å². The van der Waals surface area contributed by atoms with Crippen molar-refractivity contribution >= 4 is 11.9 Å². The second kappa shape index (κ2) is 24.6. The molecule has 0 amide bonds. The van der Waals surface area contributed by atoms with Crippen molar-refractivity contribution in [1.82, 2.24) is 15.0 Å². The van der Waals surface area contributed by atoms with Crippen LogP contribution in [0.25, 0.3) is 17.3 Å². The van der Waals surface area contributed by atoms with Crippen LogP contribution in [0.1, 0.15) is 114 Å². The maximum absolute atomic E-state index is 11.7. The molecule has 0 aliphatic heterocycles. The number of carbonyl (C=O) groups is 1. The van der Waals surface area contributed by atoms with Crippen LogP contribution in [-0.4, -0.2) is 33.9 Å². The topological polar surface area (TPSA) is 65.0 Å². The smallest absolute Gasteiger partial charge is 0.162 e. The van der Waals surface area contributed by atoms with Gasteiger partial charge >= 0.3 is 0 Å². The highest BCUT2D eigenvalue weighted by Gasteiger charge is 2.13. The van der Waals surface area contributed by atoms with Crippen LogP contribution in [0.4, 0.5) is 0 Å². The second-order valence-electron chi connectivity index (χ2n) is 10.2. The standard InChI is InChI=1S/C15H15N3O.C8H18.C7H8.C6H14O/c1-4-5-12-6-14(13-7-16-9-17-8-13)18-10(2)15(12)11(3)19;1-4-6-8(3)7-5-2;1-7-5-3-2-4-6-7;1-3-5-7-6-4-2/h4-9H,1-3H3;8H,4-7H2,1-3H3;2-6H,1H3;3-6H2,1-2H3/b5-4-;;;. The van der Waals surface area contributed by atoms with E-state index in [2.05, 4.69) is 68.6 Å². The van der Waals surface area contributed by atoms with Crippen molar-refractivity contribution in [2.24, 2.45) is 5.92 Å². The predicted molar refractivity (Wildman–Crippen MR) is 176 cm³/mol. The molecular formula is C36H55N3O2. The Labute approximate surface area is 250 Å². The van der Waals surface area contributed by atoms with Crippen LogP contribution in [0.2, 0.25) is 0 Å². The van der Waals surface area contributed by atoms with Crippen molar-refractivity contribution < 1.29 is 9.53 Å². The van der Waals surface area contributed by atoms with Gasteiger partial charge in [0.25, 0.3) is 0 Å². The molecule has 3 rings (SSSR count). The summed E-state index contributed by atoms with van der Waals surface area (Å²) < 4.78 is 5.13. The zero-order chi connectivity index (χ0) is 30.9. The maximum Gasteiger partial charge on any atom is 0.162 e. The summed E-state index contributed by atoms with van der Waals surface area (Å²) in [4.78, 5) is 24.2. The van der Waals surface area contributed by atoms with Gasteiger partial charge in [0.15, 0.2) is 5.78 Å². The zero-order valence-corrected chi connectivity index (χ0v) is 27.2. The van der Waals surface area contributed by atoms with Crippen LogP contribution < -0.4 is 0 Å². The fraction of sp³-hybridized carbons (Fsp3) is 0.500. The minimum Gasteiger partial charge on any atom is -0.381 e. The molecule has 0 saturated carbocycles. The van der Waals surface area contributed by atoms with Crippen LogP contribution in [0.15, 0.2) is 61.2 Å². The lowest BCUT2D eigenvalue weighted by atomic mass is 10.0. The number of Topliss-reactive ketones (excluding diaryl/α,β-unsaturated/α-hetero) is 1. The summed E-state index contributed by atoms with van der Waals surface area (Å²) >= 11 is 0. The van der Waals surface area contributed by atoms with Gasteiger partial charge in [0, 0.05) is 42.4 Å². The lowest BCUT2D eigenvalue weighted by Crippen LogP contribution is -2.03. The molecule has 2 aromatic heterocycles. The van der Waals surface area contributed by atoms with E-state index in [1.54, 1.807) is 19.3 Å². The van der Waals surface area contributed by atoms with Crippen LogP contribution in [0.3, 0.4) is 0 Å². The Bertz CT molecular complexity index is 1070. The number of aryl methyl sites for hydroxylation is 2. The first-order valence-corrected chi connectivity index (χ1v) is 15.2. The molecule has 0 N–H and O–H groups in total. The van der Waals surface area contributed by atoms with E-state index in [0.29, 0.717) is 5.56 Å². The van der Waals surface area contributed by atoms with Crippen LogP contribution in [0, 0.1) is 19.8 Å². The summed E-state index contributed by atoms with van der Waals surface area (Å²) in [6, 6.07) is 12.2. The van der Waals surface area contributed by atoms with Gasteiger partial charge in [-0.25, -0.2) is 9.97 Å². The molecule has 5 nitrogen and oxygen atoms in total. The molecule has 5 heteroatoms. The number of allylic oxidation sites excluding steroid dienone is 1. The van der Waals surface area contributed by atoms with E-state index in [-0.39, 0.29) is 5.78 Å². The third kappa shape index (κ3) is 18.0. The summed E-state index contributed by atoms with van der Waals surface area (Å²) in [5.74, 6) is 0.985. The second-order valence-corrected chi connectivity index (χ2v) is 10.2. The molecule has 0 aliphatic carbocycles. The van der Waals surface area contributed by atoms with E-state index in [4.69, 9.17) is 4.74 Å². The molecule has 0 unspecified atom stereocenters. The van der Waals surface area contributed by atoms with Crippen LogP contribution in [0.5, 0.6) is 0 Å². The molecular weight excluding hydrogens is 506 g/mol. The number of pyridine rings is 1. The Balaban J connectivity index is 0.000000601. The summed E-state index contributed by atoms with van der Waals surface area (Å²) in [5.41, 5.74) is 5.20. The van der Waals surface area contributed by atoms with Crippen molar-refractivity contribution in [3.63, 3.8) is 0 Å². The zero-order valence-electron chi connectivity index (χ0n) is 27.2. The molecule has 0 radical (unpaired) electrons. The number of ketones is 1. The fourth-order valence-corrected chi connectivity index (χ4v) is 4.10. The van der Waals surface area contributed by atoms with E-state index in [1.807, 2.05) is 50.3 Å². The first kappa shape index (κ1) is 37.8. The lowest BCUT2D eigenvalue weighted by Gasteiger charge is -2.09. The summed E-state index contributed by atoms with van der Waals surface area (Å²) in [6.07, 6.45) is 16.5. The number of ether oxygens (including phenoxy) is 1. The van der Waals surface area contributed by atoms with Gasteiger partial charge in [0.1, 0.15) is 6.33 Å². The van der Waals surface area contributed by atoms with Gasteiger partial charge in [-0.15, -0.1) is 0 Å². The molecule has 0 bridgehead atoms. The Morgan fingerprint density at radius 3 is 1.88 bits per heavy atom. The number of rotatable bonds is 11. The number of benzene rings is 1. The molecule has 0 fully saturated rings. The van der Waals surface area contributed by atoms with Crippen molar-refractivity contribution in [3.8, 4) is 11.3 Å². The minimum absolute atomic E-state index is 0.0222. The van der Waals surface area contributed by atoms with Crippen molar-refractivity contribution in [2.45, 2.75) is 101 Å². The number of hydrogen-bond acceptors (Lipinski definition) is 5. The SMILES string of the molecule is C/C=C\c1cc(-c2cncnc2)nc(C)c1C(C)=O.CCCC(C)CCC.CCCOCCC.Cc1ccccc1. The third-order valence-corrected chi connectivity index (χ3v) is 5.99. The molecule has 0 spiro atoms. The highest BCUT2D eigenvalue weighted by Crippen LogP contribution is 2.23. The van der Waals surface area contributed by atoms with Gasteiger partial charge in [-0.3, -0.25) is 9.78 Å². The van der Waals surface area contributed by atoms with E-state index >= 15 is 0 Å². The van der Waals surface area contributed by atoms with Crippen molar-refractivity contribution in [1.29, 1.82) is 0 Å². The van der Waals surface area contributed by atoms with E-state index in [1.165, 1.54) is 37.6 Å². The number of hydrogen-bond donors (Lipinski definition) is 0. The van der Waals surface area contributed by atoms with Gasteiger partial charge in [-0.2, -0.15) is 0 Å². The predicted octanol–water partition coefficient (Wildman–Crippen LogP) is 10.1. The Morgan fingerprint density at radius 1 is 0.902 bits per heavy atom. The summed E-state index contributed by atoms with van der Waals surface area (Å²) in [6.45, 7) is 20.3. The first-order valence-electron chi connectivity index (χ1n) is 15.2. The van der Waals surface area contributed by atoms with E-state index < -0.39 is 0 Å². The fourth-order valence-electron chi connectivity index (χ4n) is 4.10. The number of nitrogens with zero attached hydrogens (tertiary/aromatic N) is 3. The number of carbonyl (C=O) groups excluding carboxylic acids is 1. The lowest BCUT2D eigenvalue weighted by molar-refractivity contribution is 0.101. The molecule has 41 heavy (non-hydrogen) atoms. The Morgan fingerprint density at radius 2 is 1.46 bits per heavy atom. The van der Waals surface area contributed by atoms with Gasteiger partial charge in [0.05, 0.1) is 5.69 Å². The average Bonchev–Trinajstić information content (AvgIpc) is 2.95. The largest absolute Gasteiger partial charge is 0.381 e. The normalized spacial score (nSPS) is 10.2. The highest BCUT2D eigenvalue weighted by molar-refractivity contribution is 5.99. The molecule has 0 saturated heterocycles. The molecule has 0 aliphatic rings. The average molecular weight is 562 g/mol. The maximum atomic E-state index is 11.7. The molecule has 226 valence electrons. The minimum atomic E-state index is 0.0222. The van der Waals surface area contributed by atoms with Crippen molar-refractivity contribution in [3.05, 3.63) is 83.6 Å². The first-order chi connectivity index (χ1) is 19.7. The molecule has 3 aromatic rings. The third-order valence-electron chi connectivity index (χ3n) is 5.99. The summed E-state index contributed by atoms with van der Waals surface area (Å²) in [7, 11) is 0. The molecule has 2 heterocycles. The number of aromatic nitrogens is 3. The molecule has 1 aromatic carbocycles. The highest BCUT2D eigenvalue weighted by atomic mass is 16.5. The van der Waals surface area contributed by atoms with Gasteiger partial charge < -0.3 is 4.74 Å². The Hall–Kier alpha value is -3.18. The summed E-state index contributed by atoms with van der Waals surface area (Å²) in [5, 5.41) is 0. The molecule has 0 atom stereocenters. The van der Waals surface area contributed by atoms with E-state index in [9.17, 15) is 4.79 Å².